The molecule has 0 aromatic heterocycles. The zero-order valence-corrected chi connectivity index (χ0v) is 17.4. The number of carbonyl (C=O) groups excluding carboxylic acids is 1. The number of pyridine rings is 1. The van der Waals surface area contributed by atoms with Gasteiger partial charge in [-0.2, -0.15) is 9.78 Å². The molecule has 0 aliphatic carbocycles. The fourth-order valence-electron chi connectivity index (χ4n) is 3.39. The Labute approximate surface area is 181 Å². The minimum atomic E-state index is -0.688. The zero-order valence-electron chi connectivity index (χ0n) is 17.4. The van der Waals surface area contributed by atoms with Crippen LogP contribution in [0.1, 0.15) is 15.9 Å². The average molecular weight is 434 g/mol. The van der Waals surface area contributed by atoms with Crippen molar-refractivity contribution in [1.82, 2.24) is 14.3 Å². The van der Waals surface area contributed by atoms with Gasteiger partial charge in [-0.15, -0.1) is 0 Å². The molecule has 0 amide bonds. The van der Waals surface area contributed by atoms with Crippen molar-refractivity contribution in [2.45, 2.75) is 6.92 Å². The summed E-state index contributed by atoms with van der Waals surface area (Å²) in [6, 6.07) is 11.1. The summed E-state index contributed by atoms with van der Waals surface area (Å²) in [6.45, 7) is 1.77. The van der Waals surface area contributed by atoms with Gasteiger partial charge in [0.2, 0.25) is 0 Å². The number of ether oxygens (including phenoxy) is 2. The third-order valence-corrected chi connectivity index (χ3v) is 5.07. The lowest BCUT2D eigenvalue weighted by molar-refractivity contribution is -0.384. The molecule has 0 bridgehead atoms. The highest BCUT2D eigenvalue weighted by Gasteiger charge is 2.26. The lowest BCUT2D eigenvalue weighted by atomic mass is 10.1. The molecule has 0 unspecified atom stereocenters. The topological polar surface area (TPSA) is 118 Å². The fraction of sp³-hybridized carbons (Fsp3) is 0.136. The fourth-order valence-corrected chi connectivity index (χ4v) is 3.39. The predicted octanol–water partition coefficient (Wildman–Crippen LogP) is 3.14. The average Bonchev–Trinajstić information content (AvgIpc) is 3.14. The number of non-ortho nitro benzene ring substituents is 1. The van der Waals surface area contributed by atoms with Gasteiger partial charge in [0, 0.05) is 24.5 Å². The number of nitrogens with zero attached hydrogens (tertiary/aromatic N) is 4. The third-order valence-electron chi connectivity index (χ3n) is 5.07. The quantitative estimate of drug-likeness (QED) is 0.269. The zero-order chi connectivity index (χ0) is 23.0. The summed E-state index contributed by atoms with van der Waals surface area (Å²) < 4.78 is 12.7. The van der Waals surface area contributed by atoms with Gasteiger partial charge in [-0.25, -0.2) is 4.79 Å². The Kier molecular flexibility index (Phi) is 5.19. The van der Waals surface area contributed by atoms with Crippen molar-refractivity contribution in [2.24, 2.45) is 0 Å². The van der Waals surface area contributed by atoms with Crippen LogP contribution in [0.2, 0.25) is 0 Å². The molecule has 0 radical (unpaired) electrons. The summed E-state index contributed by atoms with van der Waals surface area (Å²) in [6.07, 6.45) is 2.95. The highest BCUT2D eigenvalue weighted by molar-refractivity contribution is 5.96. The van der Waals surface area contributed by atoms with E-state index >= 15 is 0 Å². The van der Waals surface area contributed by atoms with E-state index in [1.54, 1.807) is 37.3 Å². The van der Waals surface area contributed by atoms with Gasteiger partial charge in [0.25, 0.3) is 11.2 Å². The molecule has 2 aromatic rings. The highest BCUT2D eigenvalue weighted by Crippen LogP contribution is 2.28. The summed E-state index contributed by atoms with van der Waals surface area (Å²) >= 11 is 0. The molecular weight excluding hydrogens is 416 g/mol. The molecule has 0 saturated heterocycles. The van der Waals surface area contributed by atoms with E-state index < -0.39 is 16.5 Å². The Morgan fingerprint density at radius 2 is 1.81 bits per heavy atom. The van der Waals surface area contributed by atoms with E-state index in [-0.39, 0.29) is 22.5 Å². The molecule has 10 heteroatoms. The number of benzene rings is 2. The van der Waals surface area contributed by atoms with Crippen LogP contribution in [0.3, 0.4) is 0 Å². The molecular formula is C22H18N4O6. The third kappa shape index (κ3) is 3.47. The van der Waals surface area contributed by atoms with Crippen molar-refractivity contribution in [2.75, 3.05) is 14.2 Å². The Hall–Kier alpha value is -4.47. The first-order valence-electron chi connectivity index (χ1n) is 9.47. The van der Waals surface area contributed by atoms with Crippen molar-refractivity contribution in [3.8, 4) is 28.4 Å². The molecule has 4 rings (SSSR count). The van der Waals surface area contributed by atoms with Crippen LogP contribution in [0.15, 0.2) is 59.7 Å². The van der Waals surface area contributed by atoms with E-state index in [1.165, 1.54) is 48.0 Å². The lowest BCUT2D eigenvalue weighted by Crippen LogP contribution is -2.15. The van der Waals surface area contributed by atoms with Crippen LogP contribution in [-0.4, -0.2) is 39.5 Å². The number of hydrogen-bond acceptors (Lipinski definition) is 7. The minimum absolute atomic E-state index is 0.0558. The van der Waals surface area contributed by atoms with Crippen LogP contribution in [0.5, 0.6) is 5.75 Å². The molecule has 162 valence electrons. The van der Waals surface area contributed by atoms with Crippen molar-refractivity contribution < 1.29 is 19.2 Å². The standard InChI is InChI=1S/C22H18N4O6/c1-13-4-5-15(26(29)30)10-19(13)24-11-17-20(18(12-24)22(28)32-3)23-25(21(17)27)14-6-8-16(31-2)9-7-14/h4-12H,1-3H3. The maximum atomic E-state index is 13.2. The van der Waals surface area contributed by atoms with E-state index in [9.17, 15) is 19.7 Å². The lowest BCUT2D eigenvalue weighted by Gasteiger charge is -2.13. The maximum absolute atomic E-state index is 13.2. The monoisotopic (exact) mass is 434 g/mol. The van der Waals surface area contributed by atoms with Crippen LogP contribution >= 0.6 is 0 Å². The molecule has 0 saturated carbocycles. The number of esters is 1. The summed E-state index contributed by atoms with van der Waals surface area (Å²) in [5, 5.41) is 15.6. The molecule has 32 heavy (non-hydrogen) atoms. The van der Waals surface area contributed by atoms with Gasteiger partial charge in [0.1, 0.15) is 17.0 Å². The number of fused-ring (bicyclic) bond motifs is 1. The van der Waals surface area contributed by atoms with Crippen LogP contribution in [0, 0.1) is 17.0 Å². The summed E-state index contributed by atoms with van der Waals surface area (Å²) in [5.41, 5.74) is 1.46. The molecule has 0 N–H and O–H groups in total. The van der Waals surface area contributed by atoms with Gasteiger partial charge >= 0.3 is 5.97 Å². The SMILES string of the molecule is COC(=O)c1cn(-c2cc([N+](=O)[O-])ccc2C)cc2c(=O)n(-c3ccc(OC)cc3)nc1-2. The van der Waals surface area contributed by atoms with Crippen molar-refractivity contribution in [1.29, 1.82) is 0 Å². The second-order valence-corrected chi connectivity index (χ2v) is 6.98. The van der Waals surface area contributed by atoms with E-state index in [4.69, 9.17) is 9.47 Å². The van der Waals surface area contributed by atoms with E-state index in [0.717, 1.165) is 0 Å². The van der Waals surface area contributed by atoms with Crippen LogP contribution in [0.25, 0.3) is 22.6 Å². The normalized spacial score (nSPS) is 10.8. The largest absolute Gasteiger partial charge is 0.497 e. The number of aryl methyl sites for hydroxylation is 1. The second-order valence-electron chi connectivity index (χ2n) is 6.98. The van der Waals surface area contributed by atoms with Gasteiger partial charge in [0.05, 0.1) is 36.1 Å². The Bertz CT molecular complexity index is 1370. The first-order valence-corrected chi connectivity index (χ1v) is 9.47. The molecule has 0 fully saturated rings. The second kappa shape index (κ2) is 7.99. The number of hydrogen-bond donors (Lipinski definition) is 0. The maximum Gasteiger partial charge on any atom is 0.341 e. The number of nitro benzene ring substituents is 1. The minimum Gasteiger partial charge on any atom is -0.497 e. The van der Waals surface area contributed by atoms with Crippen LogP contribution < -0.4 is 10.3 Å². The molecule has 0 atom stereocenters. The van der Waals surface area contributed by atoms with Crippen LogP contribution in [0.4, 0.5) is 5.69 Å². The van der Waals surface area contributed by atoms with Gasteiger partial charge in [0.15, 0.2) is 0 Å². The number of aromatic nitrogens is 3. The Morgan fingerprint density at radius 1 is 1.09 bits per heavy atom. The van der Waals surface area contributed by atoms with Gasteiger partial charge in [-0.3, -0.25) is 14.9 Å². The van der Waals surface area contributed by atoms with Gasteiger partial charge in [-0.1, -0.05) is 6.07 Å². The number of rotatable bonds is 5. The number of nitro groups is 1. The molecule has 2 aliphatic rings. The molecule has 10 nitrogen and oxygen atoms in total. The smallest absolute Gasteiger partial charge is 0.341 e. The summed E-state index contributed by atoms with van der Waals surface area (Å²) in [5.74, 6) is -0.0704. The molecule has 2 aromatic carbocycles. The predicted molar refractivity (Wildman–Crippen MR) is 115 cm³/mol. The number of carbonyl (C=O) groups is 1. The van der Waals surface area contributed by atoms with Crippen molar-refractivity contribution in [3.63, 3.8) is 0 Å². The van der Waals surface area contributed by atoms with Crippen molar-refractivity contribution in [3.05, 3.63) is 86.5 Å². The summed E-state index contributed by atoms with van der Waals surface area (Å²) in [4.78, 5) is 36.4. The van der Waals surface area contributed by atoms with Gasteiger partial charge < -0.3 is 14.0 Å². The highest BCUT2D eigenvalue weighted by atomic mass is 16.6. The molecule has 2 aliphatic heterocycles. The Morgan fingerprint density at radius 3 is 2.44 bits per heavy atom. The first kappa shape index (κ1) is 20.8. The molecule has 0 spiro atoms. The summed E-state index contributed by atoms with van der Waals surface area (Å²) in [7, 11) is 2.76. The van der Waals surface area contributed by atoms with E-state index in [1.807, 2.05) is 0 Å². The van der Waals surface area contributed by atoms with E-state index in [2.05, 4.69) is 5.10 Å². The number of methoxy groups -OCH3 is 2. The van der Waals surface area contributed by atoms with E-state index in [0.29, 0.717) is 22.7 Å². The molecule has 2 heterocycles. The van der Waals surface area contributed by atoms with Crippen LogP contribution in [-0.2, 0) is 4.74 Å². The first-order chi connectivity index (χ1) is 15.3. The Balaban J connectivity index is 1.98. The van der Waals surface area contributed by atoms with Gasteiger partial charge in [-0.05, 0) is 36.8 Å². The van der Waals surface area contributed by atoms with Crippen molar-refractivity contribution >= 4 is 11.7 Å².